The van der Waals surface area contributed by atoms with Gasteiger partial charge in [-0.05, 0) is 12.1 Å². The van der Waals surface area contributed by atoms with Gasteiger partial charge in [0.15, 0.2) is 0 Å². The Hall–Kier alpha value is -4.84. The highest BCUT2D eigenvalue weighted by Gasteiger charge is 2.17. The van der Waals surface area contributed by atoms with E-state index in [0.29, 0.717) is 10.4 Å². The summed E-state index contributed by atoms with van der Waals surface area (Å²) in [6.45, 7) is 0. The van der Waals surface area contributed by atoms with Gasteiger partial charge in [0.2, 0.25) is 0 Å². The molecule has 5 nitrogen and oxygen atoms in total. The van der Waals surface area contributed by atoms with Crippen LogP contribution >= 0.6 is 0 Å². The zero-order valence-electron chi connectivity index (χ0n) is 14.9. The first-order valence-corrected chi connectivity index (χ1v) is 8.79. The molecule has 0 spiro atoms. The van der Waals surface area contributed by atoms with Crippen molar-refractivity contribution in [3.63, 3.8) is 0 Å². The van der Waals surface area contributed by atoms with E-state index in [4.69, 9.17) is 0 Å². The third-order valence-electron chi connectivity index (χ3n) is 5.35. The first-order chi connectivity index (χ1) is 14.2. The molecule has 0 aliphatic carbocycles. The van der Waals surface area contributed by atoms with Crippen LogP contribution in [-0.2, 0) is 0 Å². The van der Waals surface area contributed by atoms with Crippen molar-refractivity contribution in [2.24, 2.45) is 0 Å². The van der Waals surface area contributed by atoms with Crippen molar-refractivity contribution >= 4 is 49.2 Å². The molecule has 5 aromatic rings. The van der Waals surface area contributed by atoms with Crippen LogP contribution in [0.25, 0.3) is 49.2 Å². The van der Waals surface area contributed by atoms with Gasteiger partial charge in [0.1, 0.15) is 35.4 Å². The molecule has 0 aliphatic rings. The van der Waals surface area contributed by atoms with Gasteiger partial charge in [-0.25, -0.2) is 0 Å². The van der Waals surface area contributed by atoms with Gasteiger partial charge in [0, 0.05) is 32.0 Å². The Morgan fingerprint density at radius 3 is 1.41 bits per heavy atom. The maximum atomic E-state index is 9.51. The number of aromatic nitrogens is 1. The number of rotatable bonds is 0. The van der Waals surface area contributed by atoms with Gasteiger partial charge in [-0.3, -0.25) is 0 Å². The minimum Gasteiger partial charge on any atom is -0.308 e. The molecular weight excluding hydrogens is 358 g/mol. The first-order valence-electron chi connectivity index (χ1n) is 8.79. The van der Waals surface area contributed by atoms with E-state index in [2.05, 4.69) is 4.40 Å². The van der Waals surface area contributed by atoms with Gasteiger partial charge >= 0.3 is 0 Å². The summed E-state index contributed by atoms with van der Waals surface area (Å²) in [6, 6.07) is 25.1. The maximum Gasteiger partial charge on any atom is 0.137 e. The Kier molecular flexibility index (Phi) is 3.29. The molecule has 0 fully saturated rings. The number of pyridine rings is 2. The molecule has 0 aliphatic heterocycles. The summed E-state index contributed by atoms with van der Waals surface area (Å²) in [5.74, 6) is 0. The van der Waals surface area contributed by atoms with E-state index >= 15 is 0 Å². The van der Waals surface area contributed by atoms with E-state index in [1.165, 1.54) is 0 Å². The van der Waals surface area contributed by atoms with E-state index in [9.17, 15) is 21.0 Å². The van der Waals surface area contributed by atoms with Crippen molar-refractivity contribution in [1.82, 2.24) is 4.40 Å². The fraction of sp³-hybridized carbons (Fsp3) is 0. The van der Waals surface area contributed by atoms with Crippen LogP contribution in [0.5, 0.6) is 0 Å². The Bertz CT molecular complexity index is 1630. The fourth-order valence-electron chi connectivity index (χ4n) is 4.18. The Morgan fingerprint density at radius 1 is 0.586 bits per heavy atom. The van der Waals surface area contributed by atoms with Gasteiger partial charge in [-0.2, -0.15) is 21.0 Å². The molecule has 3 aromatic heterocycles. The van der Waals surface area contributed by atoms with Crippen LogP contribution in [0, 0.1) is 45.3 Å². The summed E-state index contributed by atoms with van der Waals surface area (Å²) in [7, 11) is 0. The zero-order chi connectivity index (χ0) is 20.1. The number of benzene rings is 2. The molecule has 5 rings (SSSR count). The van der Waals surface area contributed by atoms with Gasteiger partial charge in [0.25, 0.3) is 0 Å². The zero-order valence-corrected chi connectivity index (χ0v) is 14.9. The van der Waals surface area contributed by atoms with Crippen molar-refractivity contribution in [2.75, 3.05) is 0 Å². The highest BCUT2D eigenvalue weighted by atomic mass is 14.9. The number of hydrogen-bond acceptors (Lipinski definition) is 4. The molecular formula is C24H9N5. The van der Waals surface area contributed by atoms with Crippen molar-refractivity contribution in [1.29, 1.82) is 21.0 Å². The lowest BCUT2D eigenvalue weighted by Crippen LogP contribution is -2.14. The van der Waals surface area contributed by atoms with E-state index in [0.717, 1.165) is 38.1 Å². The van der Waals surface area contributed by atoms with Gasteiger partial charge in [-0.1, -0.05) is 42.5 Å². The predicted molar refractivity (Wildman–Crippen MR) is 110 cm³/mol. The summed E-state index contributed by atoms with van der Waals surface area (Å²) >= 11 is 0. The maximum absolute atomic E-state index is 9.51. The Labute approximate surface area is 164 Å². The van der Waals surface area contributed by atoms with E-state index in [1.807, 2.05) is 78.9 Å². The molecule has 0 amide bonds. The van der Waals surface area contributed by atoms with Gasteiger partial charge in [0.05, 0.1) is 16.6 Å². The van der Waals surface area contributed by atoms with Gasteiger partial charge < -0.3 is 4.40 Å². The van der Waals surface area contributed by atoms with Crippen LogP contribution in [0.1, 0.15) is 0 Å². The minimum absolute atomic E-state index is 0.0253. The summed E-state index contributed by atoms with van der Waals surface area (Å²) in [6.07, 6.45) is 0. The lowest BCUT2D eigenvalue weighted by atomic mass is 10.0. The number of hydrogen-bond donors (Lipinski definition) is 0. The molecule has 0 radical (unpaired) electrons. The molecule has 0 saturated heterocycles. The van der Waals surface area contributed by atoms with Crippen LogP contribution in [0.2, 0.25) is 0 Å². The topological polar surface area (TPSA) is 99.6 Å². The standard InChI is InChI=1S/C24H9N5/c25-10-14(11-26)20-8-22-16-4-1-2-5-17(16)23-9-21(15(12-27)13-28)19-7-3-6-18(20)24(19)29(22)23/h1-9H. The Morgan fingerprint density at radius 2 is 1.00 bits per heavy atom. The molecule has 29 heavy (non-hydrogen) atoms. The van der Waals surface area contributed by atoms with E-state index in [-0.39, 0.29) is 11.1 Å². The highest BCUT2D eigenvalue weighted by molar-refractivity contribution is 6.14. The smallest absolute Gasteiger partial charge is 0.137 e. The van der Waals surface area contributed by atoms with Crippen LogP contribution in [0.3, 0.4) is 0 Å². The average Bonchev–Trinajstić information content (AvgIpc) is 3.09. The summed E-state index contributed by atoms with van der Waals surface area (Å²) < 4.78 is 2.08. The van der Waals surface area contributed by atoms with Gasteiger partial charge in [-0.15, -0.1) is 0 Å². The number of nitriles is 4. The molecule has 3 heterocycles. The molecule has 0 N–H and O–H groups in total. The lowest BCUT2D eigenvalue weighted by Gasteiger charge is -2.11. The number of para-hydroxylation sites is 1. The van der Waals surface area contributed by atoms with Crippen molar-refractivity contribution in [3.8, 4) is 24.3 Å². The summed E-state index contributed by atoms with van der Waals surface area (Å²) in [5.41, 5.74) is 2.59. The van der Waals surface area contributed by atoms with Crippen molar-refractivity contribution < 1.29 is 0 Å². The first kappa shape index (κ1) is 16.3. The summed E-state index contributed by atoms with van der Waals surface area (Å²) in [4.78, 5) is 0. The molecule has 0 bridgehead atoms. The van der Waals surface area contributed by atoms with Crippen LogP contribution in [-0.4, -0.2) is 4.40 Å². The number of nitrogens with zero attached hydrogens (tertiary/aromatic N) is 5. The normalized spacial score (nSPS) is 10.6. The second-order valence-corrected chi connectivity index (χ2v) is 6.67. The van der Waals surface area contributed by atoms with E-state index < -0.39 is 0 Å². The predicted octanol–water partition coefficient (Wildman–Crippen LogP) is 3.23. The van der Waals surface area contributed by atoms with Crippen LogP contribution in [0.15, 0.2) is 54.6 Å². The van der Waals surface area contributed by atoms with Crippen molar-refractivity contribution in [3.05, 3.63) is 65.0 Å². The molecule has 0 saturated carbocycles. The molecule has 5 heteroatoms. The average molecular weight is 367 g/mol. The molecule has 0 unspecified atom stereocenters. The summed E-state index contributed by atoms with van der Waals surface area (Å²) in [5, 5.41) is 42.6. The fourth-order valence-corrected chi connectivity index (χ4v) is 4.18. The van der Waals surface area contributed by atoms with Crippen LogP contribution in [0.4, 0.5) is 0 Å². The quantitative estimate of drug-likeness (QED) is 0.419. The highest BCUT2D eigenvalue weighted by Crippen LogP contribution is 2.32. The second kappa shape index (κ2) is 5.83. The largest absolute Gasteiger partial charge is 0.308 e. The molecule has 130 valence electrons. The third kappa shape index (κ3) is 1.99. The SMILES string of the molecule is N#CC(C#N)=c1cc2c3ccccc3c3cc(=C(C#N)C#N)c4cccc1c4n23. The lowest BCUT2D eigenvalue weighted by molar-refractivity contribution is 1.32. The second-order valence-electron chi connectivity index (χ2n) is 6.67. The Balaban J connectivity index is 2.33. The minimum atomic E-state index is 0.0253. The van der Waals surface area contributed by atoms with Crippen molar-refractivity contribution in [2.45, 2.75) is 0 Å². The third-order valence-corrected chi connectivity index (χ3v) is 5.35. The molecule has 2 aromatic carbocycles. The van der Waals surface area contributed by atoms with Crippen LogP contribution < -0.4 is 10.4 Å². The number of fused-ring (bicyclic) bond motifs is 3. The molecule has 0 atom stereocenters. The van der Waals surface area contributed by atoms with E-state index in [1.54, 1.807) is 0 Å². The monoisotopic (exact) mass is 367 g/mol.